The molecule has 0 aliphatic carbocycles. The minimum absolute atomic E-state index is 0.311. The molecule has 1 aliphatic heterocycles. The highest BCUT2D eigenvalue weighted by Gasteiger charge is 2.27. The van der Waals surface area contributed by atoms with E-state index in [0.717, 1.165) is 45.3 Å². The van der Waals surface area contributed by atoms with Gasteiger partial charge in [-0.15, -0.1) is 0 Å². The molecule has 0 radical (unpaired) electrons. The van der Waals surface area contributed by atoms with E-state index in [9.17, 15) is 8.42 Å². The summed E-state index contributed by atoms with van der Waals surface area (Å²) in [5.41, 5.74) is 0. The van der Waals surface area contributed by atoms with Crippen molar-refractivity contribution in [3.8, 4) is 0 Å². The second-order valence-corrected chi connectivity index (χ2v) is 6.99. The van der Waals surface area contributed by atoms with Crippen LogP contribution in [0.15, 0.2) is 0 Å². The SMILES string of the molecule is CCC1CCCN(S(=O)(=O)CCCCNC)C1. The van der Waals surface area contributed by atoms with Crippen molar-refractivity contribution in [2.75, 3.05) is 32.4 Å². The number of hydrogen-bond acceptors (Lipinski definition) is 3. The largest absolute Gasteiger partial charge is 0.320 e. The second kappa shape index (κ2) is 7.34. The Morgan fingerprint density at radius 2 is 2.12 bits per heavy atom. The van der Waals surface area contributed by atoms with E-state index in [1.165, 1.54) is 6.42 Å². The molecule has 0 spiro atoms. The first-order valence-electron chi connectivity index (χ1n) is 6.72. The number of nitrogens with one attached hydrogen (secondary N) is 1. The first kappa shape index (κ1) is 14.9. The molecule has 1 unspecified atom stereocenters. The quantitative estimate of drug-likeness (QED) is 0.706. The molecule has 1 N–H and O–H groups in total. The van der Waals surface area contributed by atoms with Gasteiger partial charge in [0.2, 0.25) is 10.0 Å². The zero-order chi connectivity index (χ0) is 12.7. The molecular weight excluding hydrogens is 236 g/mol. The smallest absolute Gasteiger partial charge is 0.214 e. The van der Waals surface area contributed by atoms with Gasteiger partial charge in [0.1, 0.15) is 0 Å². The maximum atomic E-state index is 12.1. The number of unbranched alkanes of at least 4 members (excludes halogenated alkanes) is 1. The fraction of sp³-hybridized carbons (Fsp3) is 1.00. The molecule has 1 heterocycles. The Morgan fingerprint density at radius 3 is 2.76 bits per heavy atom. The van der Waals surface area contributed by atoms with Crippen molar-refractivity contribution >= 4 is 10.0 Å². The van der Waals surface area contributed by atoms with Crippen molar-refractivity contribution in [2.24, 2.45) is 5.92 Å². The van der Waals surface area contributed by atoms with Gasteiger partial charge in [0.25, 0.3) is 0 Å². The minimum Gasteiger partial charge on any atom is -0.320 e. The lowest BCUT2D eigenvalue weighted by atomic mass is 9.97. The summed E-state index contributed by atoms with van der Waals surface area (Å²) < 4.78 is 25.9. The number of nitrogens with zero attached hydrogens (tertiary/aromatic N) is 1. The van der Waals surface area contributed by atoms with Crippen LogP contribution in [0.4, 0.5) is 0 Å². The summed E-state index contributed by atoms with van der Waals surface area (Å²) in [5.74, 6) is 0.876. The molecule has 1 atom stereocenters. The van der Waals surface area contributed by atoms with Crippen molar-refractivity contribution in [3.05, 3.63) is 0 Å². The van der Waals surface area contributed by atoms with Crippen LogP contribution >= 0.6 is 0 Å². The van der Waals surface area contributed by atoms with Crippen LogP contribution in [0.25, 0.3) is 0 Å². The van der Waals surface area contributed by atoms with Crippen molar-refractivity contribution in [2.45, 2.75) is 39.0 Å². The van der Waals surface area contributed by atoms with Crippen molar-refractivity contribution < 1.29 is 8.42 Å². The Hall–Kier alpha value is -0.130. The molecule has 0 aromatic heterocycles. The summed E-state index contributed by atoms with van der Waals surface area (Å²) in [6.45, 7) is 4.51. The third kappa shape index (κ3) is 4.94. The number of piperidine rings is 1. The molecule has 0 amide bonds. The van der Waals surface area contributed by atoms with Gasteiger partial charge < -0.3 is 5.32 Å². The van der Waals surface area contributed by atoms with Gasteiger partial charge in [-0.1, -0.05) is 13.3 Å². The zero-order valence-corrected chi connectivity index (χ0v) is 11.9. The maximum Gasteiger partial charge on any atom is 0.214 e. The van der Waals surface area contributed by atoms with E-state index in [0.29, 0.717) is 11.7 Å². The van der Waals surface area contributed by atoms with Crippen LogP contribution in [0.3, 0.4) is 0 Å². The highest BCUT2D eigenvalue weighted by atomic mass is 32.2. The second-order valence-electron chi connectivity index (χ2n) is 4.90. The predicted molar refractivity (Wildman–Crippen MR) is 71.5 cm³/mol. The summed E-state index contributed by atoms with van der Waals surface area (Å²) in [6.07, 6.45) is 4.99. The Balaban J connectivity index is 2.40. The lowest BCUT2D eigenvalue weighted by Crippen LogP contribution is -2.41. The van der Waals surface area contributed by atoms with E-state index < -0.39 is 10.0 Å². The molecule has 17 heavy (non-hydrogen) atoms. The molecule has 102 valence electrons. The monoisotopic (exact) mass is 262 g/mol. The van der Waals surface area contributed by atoms with Crippen LogP contribution in [0, 0.1) is 5.92 Å². The highest BCUT2D eigenvalue weighted by Crippen LogP contribution is 2.21. The van der Waals surface area contributed by atoms with Crippen LogP contribution < -0.4 is 5.32 Å². The molecule has 0 aromatic carbocycles. The zero-order valence-electron chi connectivity index (χ0n) is 11.1. The van der Waals surface area contributed by atoms with Crippen LogP contribution in [0.2, 0.25) is 0 Å². The van der Waals surface area contributed by atoms with Crippen molar-refractivity contribution in [3.63, 3.8) is 0 Å². The molecule has 4 nitrogen and oxygen atoms in total. The van der Waals surface area contributed by atoms with Gasteiger partial charge >= 0.3 is 0 Å². The van der Waals surface area contributed by atoms with Gasteiger partial charge in [-0.3, -0.25) is 0 Å². The third-order valence-corrected chi connectivity index (χ3v) is 5.45. The van der Waals surface area contributed by atoms with Gasteiger partial charge in [0.05, 0.1) is 5.75 Å². The van der Waals surface area contributed by atoms with Gasteiger partial charge in [-0.05, 0) is 45.2 Å². The highest BCUT2D eigenvalue weighted by molar-refractivity contribution is 7.89. The number of hydrogen-bond donors (Lipinski definition) is 1. The van der Waals surface area contributed by atoms with Crippen LogP contribution in [-0.2, 0) is 10.0 Å². The van der Waals surface area contributed by atoms with Crippen LogP contribution in [-0.4, -0.2) is 45.2 Å². The van der Waals surface area contributed by atoms with Crippen LogP contribution in [0.1, 0.15) is 39.0 Å². The Bertz CT molecular complexity index is 304. The first-order valence-corrected chi connectivity index (χ1v) is 8.33. The maximum absolute atomic E-state index is 12.1. The summed E-state index contributed by atoms with van der Waals surface area (Å²) in [5, 5.41) is 3.04. The fourth-order valence-electron chi connectivity index (χ4n) is 2.33. The van der Waals surface area contributed by atoms with E-state index in [1.807, 2.05) is 7.05 Å². The van der Waals surface area contributed by atoms with Crippen molar-refractivity contribution in [1.29, 1.82) is 0 Å². The van der Waals surface area contributed by atoms with Gasteiger partial charge in [-0.2, -0.15) is 0 Å². The molecule has 5 heteroatoms. The van der Waals surface area contributed by atoms with E-state index in [-0.39, 0.29) is 0 Å². The Labute approximate surface area is 106 Å². The first-order chi connectivity index (χ1) is 8.10. The summed E-state index contributed by atoms with van der Waals surface area (Å²) in [7, 11) is -1.11. The van der Waals surface area contributed by atoms with Crippen molar-refractivity contribution in [1.82, 2.24) is 9.62 Å². The fourth-order valence-corrected chi connectivity index (χ4v) is 4.00. The molecule has 0 saturated carbocycles. The lowest BCUT2D eigenvalue weighted by Gasteiger charge is -2.31. The van der Waals surface area contributed by atoms with Gasteiger partial charge in [0.15, 0.2) is 0 Å². The van der Waals surface area contributed by atoms with E-state index >= 15 is 0 Å². The van der Waals surface area contributed by atoms with E-state index in [2.05, 4.69) is 12.2 Å². The molecule has 1 fully saturated rings. The summed E-state index contributed by atoms with van der Waals surface area (Å²) >= 11 is 0. The lowest BCUT2D eigenvalue weighted by molar-refractivity contribution is 0.261. The third-order valence-electron chi connectivity index (χ3n) is 3.53. The molecular formula is C12H26N2O2S. The standard InChI is InChI=1S/C12H26N2O2S/c1-3-12-7-6-9-14(11-12)17(15,16)10-5-4-8-13-2/h12-13H,3-11H2,1-2H3. The van der Waals surface area contributed by atoms with E-state index in [4.69, 9.17) is 0 Å². The molecule has 1 aliphatic rings. The molecule has 0 aromatic rings. The Kier molecular flexibility index (Phi) is 6.44. The summed E-state index contributed by atoms with van der Waals surface area (Å²) in [6, 6.07) is 0. The molecule has 0 bridgehead atoms. The van der Waals surface area contributed by atoms with E-state index in [1.54, 1.807) is 4.31 Å². The summed E-state index contributed by atoms with van der Waals surface area (Å²) in [4.78, 5) is 0. The molecule has 1 saturated heterocycles. The minimum atomic E-state index is -3.00. The topological polar surface area (TPSA) is 49.4 Å². The number of rotatable bonds is 7. The predicted octanol–water partition coefficient (Wildman–Crippen LogP) is 1.44. The normalized spacial score (nSPS) is 22.8. The van der Waals surface area contributed by atoms with Crippen LogP contribution in [0.5, 0.6) is 0 Å². The number of sulfonamides is 1. The van der Waals surface area contributed by atoms with Gasteiger partial charge in [-0.25, -0.2) is 12.7 Å². The average Bonchev–Trinajstić information content (AvgIpc) is 2.35. The van der Waals surface area contributed by atoms with Gasteiger partial charge in [0, 0.05) is 13.1 Å². The molecule has 1 rings (SSSR count). The Morgan fingerprint density at radius 1 is 1.35 bits per heavy atom. The average molecular weight is 262 g/mol.